The van der Waals surface area contributed by atoms with Gasteiger partial charge in [-0.3, -0.25) is 4.79 Å². The molecule has 1 aromatic rings. The van der Waals surface area contributed by atoms with Crippen molar-refractivity contribution in [1.29, 1.82) is 5.26 Å². The second-order valence-corrected chi connectivity index (χ2v) is 3.06. The summed E-state index contributed by atoms with van der Waals surface area (Å²) < 4.78 is 0. The maximum atomic E-state index is 11.1. The van der Waals surface area contributed by atoms with E-state index in [4.69, 9.17) is 22.0 Å². The number of hydrogen-bond donors (Lipinski definition) is 3. The maximum Gasteiger partial charge on any atom is 0.253 e. The van der Waals surface area contributed by atoms with E-state index in [0.29, 0.717) is 0 Å². The number of halogens is 1. The first-order valence-corrected chi connectivity index (χ1v) is 4.08. The van der Waals surface area contributed by atoms with Gasteiger partial charge in [0, 0.05) is 6.20 Å². The zero-order valence-electron chi connectivity index (χ0n) is 6.94. The lowest BCUT2D eigenvalue weighted by Gasteiger charge is -2.10. The molecule has 1 rings (SSSR count). The normalized spacial score (nSPS) is 14.4. The van der Waals surface area contributed by atoms with Gasteiger partial charge in [-0.2, -0.15) is 5.26 Å². The van der Waals surface area contributed by atoms with Crippen molar-refractivity contribution < 1.29 is 10.2 Å². The van der Waals surface area contributed by atoms with Crippen LogP contribution < -0.4 is 5.56 Å². The van der Waals surface area contributed by atoms with E-state index in [1.165, 1.54) is 18.3 Å². The van der Waals surface area contributed by atoms with Gasteiger partial charge in [0.2, 0.25) is 0 Å². The molecular formula is C8H7ClN2O3. The highest BCUT2D eigenvalue weighted by molar-refractivity contribution is 6.30. The Balaban J connectivity index is 3.13. The van der Waals surface area contributed by atoms with Crippen molar-refractivity contribution in [3.05, 3.63) is 33.2 Å². The van der Waals surface area contributed by atoms with Gasteiger partial charge in [-0.05, 0) is 6.07 Å². The molecule has 0 fully saturated rings. The van der Waals surface area contributed by atoms with E-state index in [1.54, 1.807) is 0 Å². The Hall–Kier alpha value is -1.35. The van der Waals surface area contributed by atoms with Crippen LogP contribution in [0.15, 0.2) is 17.1 Å². The minimum absolute atomic E-state index is 0.133. The first-order chi connectivity index (χ1) is 6.56. The van der Waals surface area contributed by atoms with Gasteiger partial charge >= 0.3 is 0 Å². The summed E-state index contributed by atoms with van der Waals surface area (Å²) in [4.78, 5) is 13.4. The number of rotatable bonds is 2. The van der Waals surface area contributed by atoms with Crippen LogP contribution in [0.5, 0.6) is 0 Å². The average molecular weight is 215 g/mol. The molecule has 0 aliphatic heterocycles. The monoisotopic (exact) mass is 214 g/mol. The molecule has 6 heteroatoms. The Morgan fingerprint density at radius 2 is 2.21 bits per heavy atom. The third-order valence-electron chi connectivity index (χ3n) is 1.65. The summed E-state index contributed by atoms with van der Waals surface area (Å²) in [7, 11) is 0. The zero-order valence-corrected chi connectivity index (χ0v) is 7.69. The van der Waals surface area contributed by atoms with E-state index in [0.717, 1.165) is 0 Å². The molecule has 1 heterocycles. The van der Waals surface area contributed by atoms with Crippen molar-refractivity contribution in [2.75, 3.05) is 0 Å². The number of aromatic nitrogens is 1. The Kier molecular flexibility index (Phi) is 3.25. The predicted molar refractivity (Wildman–Crippen MR) is 48.7 cm³/mol. The lowest BCUT2D eigenvalue weighted by molar-refractivity contribution is 0.0518. The Bertz CT molecular complexity index is 423. The number of nitriles is 1. The van der Waals surface area contributed by atoms with Gasteiger partial charge in [-0.25, -0.2) is 0 Å². The maximum absolute atomic E-state index is 11.1. The number of nitrogens with one attached hydrogen (secondary N) is 1. The van der Waals surface area contributed by atoms with Gasteiger partial charge in [-0.1, -0.05) is 11.6 Å². The molecule has 3 N–H and O–H groups in total. The second kappa shape index (κ2) is 4.24. The Labute approximate surface area is 84.2 Å². The van der Waals surface area contributed by atoms with Crippen molar-refractivity contribution >= 4 is 11.6 Å². The molecule has 14 heavy (non-hydrogen) atoms. The molecule has 0 radical (unpaired) electrons. The number of aliphatic hydroxyl groups excluding tert-OH is 2. The van der Waals surface area contributed by atoms with Gasteiger partial charge < -0.3 is 15.2 Å². The zero-order chi connectivity index (χ0) is 10.7. The fourth-order valence-electron chi connectivity index (χ4n) is 0.934. The average Bonchev–Trinajstić information content (AvgIpc) is 2.19. The summed E-state index contributed by atoms with van der Waals surface area (Å²) in [5, 5.41) is 26.9. The van der Waals surface area contributed by atoms with Crippen LogP contribution >= 0.6 is 11.6 Å². The summed E-state index contributed by atoms with van der Waals surface area (Å²) in [6.45, 7) is 0. The van der Waals surface area contributed by atoms with Gasteiger partial charge in [-0.15, -0.1) is 0 Å². The molecule has 0 bridgehead atoms. The van der Waals surface area contributed by atoms with Crippen LogP contribution in [0.4, 0.5) is 0 Å². The van der Waals surface area contributed by atoms with E-state index >= 15 is 0 Å². The van der Waals surface area contributed by atoms with E-state index in [9.17, 15) is 9.90 Å². The van der Waals surface area contributed by atoms with E-state index in [2.05, 4.69) is 4.98 Å². The van der Waals surface area contributed by atoms with Crippen LogP contribution in [-0.2, 0) is 0 Å². The summed E-state index contributed by atoms with van der Waals surface area (Å²) in [6, 6.07) is 2.62. The van der Waals surface area contributed by atoms with Crippen LogP contribution in [0.3, 0.4) is 0 Å². The highest BCUT2D eigenvalue weighted by Gasteiger charge is 2.20. The lowest BCUT2D eigenvalue weighted by Crippen LogP contribution is -2.23. The Morgan fingerprint density at radius 1 is 1.57 bits per heavy atom. The van der Waals surface area contributed by atoms with Crippen molar-refractivity contribution in [1.82, 2.24) is 4.98 Å². The highest BCUT2D eigenvalue weighted by Crippen LogP contribution is 2.15. The molecule has 0 aliphatic carbocycles. The number of aromatic amines is 1. The molecular weight excluding hydrogens is 208 g/mol. The summed E-state index contributed by atoms with van der Waals surface area (Å²) >= 11 is 5.56. The van der Waals surface area contributed by atoms with E-state index < -0.39 is 17.8 Å². The molecule has 0 aromatic carbocycles. The lowest BCUT2D eigenvalue weighted by atomic mass is 10.1. The predicted octanol–water partition coefficient (Wildman–Crippen LogP) is -0.0538. The number of aliphatic hydroxyl groups is 2. The fraction of sp³-hybridized carbons (Fsp3) is 0.250. The number of pyridine rings is 1. The molecule has 5 nitrogen and oxygen atoms in total. The molecule has 2 unspecified atom stereocenters. The summed E-state index contributed by atoms with van der Waals surface area (Å²) in [5.74, 6) is 0. The minimum atomic E-state index is -1.64. The van der Waals surface area contributed by atoms with E-state index in [-0.39, 0.29) is 10.6 Å². The van der Waals surface area contributed by atoms with Crippen LogP contribution in [0.25, 0.3) is 0 Å². The third-order valence-corrected chi connectivity index (χ3v) is 1.86. The van der Waals surface area contributed by atoms with Crippen molar-refractivity contribution in [2.45, 2.75) is 12.2 Å². The molecule has 0 aliphatic rings. The molecule has 0 saturated carbocycles. The van der Waals surface area contributed by atoms with Crippen molar-refractivity contribution in [2.24, 2.45) is 0 Å². The van der Waals surface area contributed by atoms with Gasteiger partial charge in [0.15, 0.2) is 6.10 Å². The van der Waals surface area contributed by atoms with Gasteiger partial charge in [0.05, 0.1) is 16.7 Å². The smallest absolute Gasteiger partial charge is 0.253 e. The Morgan fingerprint density at radius 3 is 2.79 bits per heavy atom. The minimum Gasteiger partial charge on any atom is -0.384 e. The highest BCUT2D eigenvalue weighted by atomic mass is 35.5. The second-order valence-electron chi connectivity index (χ2n) is 2.62. The topological polar surface area (TPSA) is 97.1 Å². The van der Waals surface area contributed by atoms with E-state index in [1.807, 2.05) is 0 Å². The quantitative estimate of drug-likeness (QED) is 0.601. The number of H-pyrrole nitrogens is 1. The third kappa shape index (κ3) is 2.12. The number of hydrogen-bond acceptors (Lipinski definition) is 4. The molecule has 74 valence electrons. The molecule has 2 atom stereocenters. The summed E-state index contributed by atoms with van der Waals surface area (Å²) in [5.41, 5.74) is -0.720. The number of nitrogens with zero attached hydrogens (tertiary/aromatic N) is 1. The SMILES string of the molecule is N#CC(O)C(O)c1cc(Cl)c[nH]c1=O. The van der Waals surface area contributed by atoms with Crippen molar-refractivity contribution in [3.63, 3.8) is 0 Å². The van der Waals surface area contributed by atoms with Crippen LogP contribution in [-0.4, -0.2) is 21.3 Å². The summed E-state index contributed by atoms with van der Waals surface area (Å²) in [6.07, 6.45) is -1.95. The van der Waals surface area contributed by atoms with Gasteiger partial charge in [0.1, 0.15) is 6.10 Å². The molecule has 0 amide bonds. The van der Waals surface area contributed by atoms with Crippen LogP contribution in [0.2, 0.25) is 5.02 Å². The molecule has 0 spiro atoms. The molecule has 1 aromatic heterocycles. The largest absolute Gasteiger partial charge is 0.384 e. The first kappa shape index (κ1) is 10.7. The fourth-order valence-corrected chi connectivity index (χ4v) is 1.11. The van der Waals surface area contributed by atoms with Crippen molar-refractivity contribution in [3.8, 4) is 6.07 Å². The molecule has 0 saturated heterocycles. The van der Waals surface area contributed by atoms with Crippen LogP contribution in [0, 0.1) is 11.3 Å². The first-order valence-electron chi connectivity index (χ1n) is 3.70. The standard InChI is InChI=1S/C8H7ClN2O3/c9-4-1-5(8(14)11-3-4)7(13)6(12)2-10/h1,3,6-7,12-13H,(H,11,14). The van der Waals surface area contributed by atoms with Crippen LogP contribution in [0.1, 0.15) is 11.7 Å². The van der Waals surface area contributed by atoms with Gasteiger partial charge in [0.25, 0.3) is 5.56 Å².